The average molecular weight is 234 g/mol. The minimum absolute atomic E-state index is 0.0781. The third-order valence-electron chi connectivity index (χ3n) is 2.46. The third kappa shape index (κ3) is 4.81. The first kappa shape index (κ1) is 13.4. The average Bonchev–Trinajstić information content (AvgIpc) is 2.30. The number of esters is 1. The van der Waals surface area contributed by atoms with Crippen molar-refractivity contribution in [3.63, 3.8) is 0 Å². The lowest BCUT2D eigenvalue weighted by molar-refractivity contribution is -0.143. The second kappa shape index (κ2) is 6.84. The summed E-state index contributed by atoms with van der Waals surface area (Å²) in [5.74, 6) is -0.154. The highest BCUT2D eigenvalue weighted by molar-refractivity contribution is 5.96. The molecule has 0 amide bonds. The molecule has 0 aromatic heterocycles. The van der Waals surface area contributed by atoms with Crippen LogP contribution in [0.15, 0.2) is 24.3 Å². The Kier molecular flexibility index (Phi) is 5.40. The molecule has 0 bridgehead atoms. The molecule has 0 heterocycles. The molecule has 3 nitrogen and oxygen atoms in total. The smallest absolute Gasteiger partial charge is 0.305 e. The number of benzene rings is 1. The van der Waals surface area contributed by atoms with Crippen LogP contribution in [0.3, 0.4) is 0 Å². The van der Waals surface area contributed by atoms with E-state index in [1.807, 2.05) is 31.2 Å². The summed E-state index contributed by atoms with van der Waals surface area (Å²) in [7, 11) is 0. The van der Waals surface area contributed by atoms with Crippen LogP contribution in [-0.2, 0) is 9.53 Å². The van der Waals surface area contributed by atoms with E-state index in [0.717, 1.165) is 5.56 Å². The predicted octanol–water partition coefficient (Wildman–Crippen LogP) is 2.91. The van der Waals surface area contributed by atoms with Gasteiger partial charge in [-0.05, 0) is 20.3 Å². The van der Waals surface area contributed by atoms with E-state index < -0.39 is 0 Å². The topological polar surface area (TPSA) is 43.4 Å². The summed E-state index contributed by atoms with van der Waals surface area (Å²) in [4.78, 5) is 22.8. The number of carbonyl (C=O) groups excluding carboxylic acids is 2. The normalized spacial score (nSPS) is 10.0. The van der Waals surface area contributed by atoms with E-state index in [9.17, 15) is 9.59 Å². The van der Waals surface area contributed by atoms with Crippen LogP contribution in [0.2, 0.25) is 0 Å². The van der Waals surface area contributed by atoms with Crippen LogP contribution in [0, 0.1) is 6.92 Å². The zero-order valence-corrected chi connectivity index (χ0v) is 10.4. The summed E-state index contributed by atoms with van der Waals surface area (Å²) < 4.78 is 4.79. The van der Waals surface area contributed by atoms with E-state index in [1.54, 1.807) is 6.92 Å². The van der Waals surface area contributed by atoms with Crippen LogP contribution in [-0.4, -0.2) is 18.4 Å². The summed E-state index contributed by atoms with van der Waals surface area (Å²) in [6.45, 7) is 4.15. The molecule has 0 unspecified atom stereocenters. The fourth-order valence-corrected chi connectivity index (χ4v) is 1.51. The fourth-order valence-electron chi connectivity index (χ4n) is 1.51. The first-order valence-electron chi connectivity index (χ1n) is 5.89. The Morgan fingerprint density at radius 1 is 1.12 bits per heavy atom. The number of hydrogen-bond donors (Lipinski definition) is 0. The predicted molar refractivity (Wildman–Crippen MR) is 66.0 cm³/mol. The molecule has 0 aliphatic heterocycles. The van der Waals surface area contributed by atoms with Crippen LogP contribution < -0.4 is 0 Å². The van der Waals surface area contributed by atoms with Gasteiger partial charge in [-0.2, -0.15) is 0 Å². The van der Waals surface area contributed by atoms with E-state index in [1.165, 1.54) is 0 Å². The van der Waals surface area contributed by atoms with Gasteiger partial charge in [0.15, 0.2) is 5.78 Å². The molecule has 92 valence electrons. The van der Waals surface area contributed by atoms with Crippen LogP contribution in [0.4, 0.5) is 0 Å². The Morgan fingerprint density at radius 3 is 2.35 bits per heavy atom. The number of ketones is 1. The van der Waals surface area contributed by atoms with E-state index in [2.05, 4.69) is 0 Å². The van der Waals surface area contributed by atoms with Crippen LogP contribution in [0.5, 0.6) is 0 Å². The lowest BCUT2D eigenvalue weighted by Crippen LogP contribution is -2.05. The maximum absolute atomic E-state index is 11.7. The summed E-state index contributed by atoms with van der Waals surface area (Å²) in [5, 5.41) is 0. The largest absolute Gasteiger partial charge is 0.466 e. The van der Waals surface area contributed by atoms with Gasteiger partial charge in [-0.15, -0.1) is 0 Å². The highest BCUT2D eigenvalue weighted by atomic mass is 16.5. The van der Waals surface area contributed by atoms with E-state index in [0.29, 0.717) is 31.4 Å². The lowest BCUT2D eigenvalue weighted by atomic mass is 10.0. The molecule has 17 heavy (non-hydrogen) atoms. The van der Waals surface area contributed by atoms with Crippen LogP contribution >= 0.6 is 0 Å². The Balaban J connectivity index is 2.35. The van der Waals surface area contributed by atoms with Crippen molar-refractivity contribution in [2.75, 3.05) is 6.61 Å². The summed E-state index contributed by atoms with van der Waals surface area (Å²) in [5.41, 5.74) is 1.84. The number of hydrogen-bond acceptors (Lipinski definition) is 3. The van der Waals surface area contributed by atoms with Gasteiger partial charge in [-0.1, -0.05) is 29.8 Å². The van der Waals surface area contributed by atoms with E-state index in [4.69, 9.17) is 4.74 Å². The van der Waals surface area contributed by atoms with Gasteiger partial charge in [-0.25, -0.2) is 0 Å². The molecule has 0 atom stereocenters. The van der Waals surface area contributed by atoms with E-state index in [-0.39, 0.29) is 11.8 Å². The Morgan fingerprint density at radius 2 is 1.76 bits per heavy atom. The molecule has 0 aliphatic rings. The maximum Gasteiger partial charge on any atom is 0.305 e. The Bertz CT molecular complexity index is 379. The fraction of sp³-hybridized carbons (Fsp3) is 0.429. The minimum atomic E-state index is -0.232. The van der Waals surface area contributed by atoms with Crippen molar-refractivity contribution in [2.45, 2.75) is 33.1 Å². The molecule has 0 spiro atoms. The number of carbonyl (C=O) groups is 2. The first-order valence-corrected chi connectivity index (χ1v) is 5.89. The Labute approximate surface area is 102 Å². The van der Waals surface area contributed by atoms with Gasteiger partial charge in [0, 0.05) is 18.4 Å². The van der Waals surface area contributed by atoms with Crippen molar-refractivity contribution in [3.8, 4) is 0 Å². The minimum Gasteiger partial charge on any atom is -0.466 e. The van der Waals surface area contributed by atoms with Gasteiger partial charge >= 0.3 is 5.97 Å². The van der Waals surface area contributed by atoms with Gasteiger partial charge in [0.25, 0.3) is 0 Å². The van der Waals surface area contributed by atoms with Crippen LogP contribution in [0.1, 0.15) is 42.1 Å². The molecular weight excluding hydrogens is 216 g/mol. The molecule has 1 aromatic carbocycles. The molecular formula is C14H18O3. The van der Waals surface area contributed by atoms with Crippen molar-refractivity contribution in [3.05, 3.63) is 35.4 Å². The molecule has 0 radical (unpaired) electrons. The third-order valence-corrected chi connectivity index (χ3v) is 2.46. The van der Waals surface area contributed by atoms with Crippen molar-refractivity contribution in [1.29, 1.82) is 0 Å². The number of Topliss-reactive ketones (excluding diaryl/α,β-unsaturated/α-hetero) is 1. The highest BCUT2D eigenvalue weighted by Gasteiger charge is 2.07. The van der Waals surface area contributed by atoms with Gasteiger partial charge < -0.3 is 4.74 Å². The standard InChI is InChI=1S/C14H18O3/c1-3-17-14(16)6-4-5-13(15)12-9-7-11(2)8-10-12/h7-10H,3-6H2,1-2H3. The first-order chi connectivity index (χ1) is 8.13. The van der Waals surface area contributed by atoms with Gasteiger partial charge in [0.1, 0.15) is 0 Å². The second-order valence-corrected chi connectivity index (χ2v) is 3.95. The van der Waals surface area contributed by atoms with Crippen molar-refractivity contribution < 1.29 is 14.3 Å². The second-order valence-electron chi connectivity index (χ2n) is 3.95. The van der Waals surface area contributed by atoms with Gasteiger partial charge in [0.2, 0.25) is 0 Å². The summed E-state index contributed by atoms with van der Waals surface area (Å²) in [6, 6.07) is 7.47. The van der Waals surface area contributed by atoms with Gasteiger partial charge in [0.05, 0.1) is 6.61 Å². The maximum atomic E-state index is 11.7. The number of ether oxygens (including phenoxy) is 1. The van der Waals surface area contributed by atoms with Crippen LogP contribution in [0.25, 0.3) is 0 Å². The zero-order chi connectivity index (χ0) is 12.7. The summed E-state index contributed by atoms with van der Waals surface area (Å²) >= 11 is 0. The van der Waals surface area contributed by atoms with Crippen molar-refractivity contribution in [1.82, 2.24) is 0 Å². The Hall–Kier alpha value is -1.64. The molecule has 0 fully saturated rings. The number of rotatable bonds is 6. The molecule has 0 N–H and O–H groups in total. The molecule has 1 rings (SSSR count). The van der Waals surface area contributed by atoms with Gasteiger partial charge in [-0.3, -0.25) is 9.59 Å². The van der Waals surface area contributed by atoms with Crippen molar-refractivity contribution in [2.24, 2.45) is 0 Å². The SMILES string of the molecule is CCOC(=O)CCCC(=O)c1ccc(C)cc1. The zero-order valence-electron chi connectivity index (χ0n) is 10.4. The molecule has 0 saturated heterocycles. The van der Waals surface area contributed by atoms with Crippen molar-refractivity contribution >= 4 is 11.8 Å². The molecule has 0 aliphatic carbocycles. The quantitative estimate of drug-likeness (QED) is 0.561. The number of aryl methyl sites for hydroxylation is 1. The lowest BCUT2D eigenvalue weighted by Gasteiger charge is -2.02. The molecule has 3 heteroatoms. The molecule has 1 aromatic rings. The molecule has 0 saturated carbocycles. The monoisotopic (exact) mass is 234 g/mol. The van der Waals surface area contributed by atoms with E-state index >= 15 is 0 Å². The summed E-state index contributed by atoms with van der Waals surface area (Å²) in [6.07, 6.45) is 1.25. The highest BCUT2D eigenvalue weighted by Crippen LogP contribution is 2.09.